The number of ether oxygens (including phenoxy) is 1. The topological polar surface area (TPSA) is 56.8 Å². The van der Waals surface area contributed by atoms with Crippen LogP contribution in [0, 0.1) is 34.5 Å². The van der Waals surface area contributed by atoms with Gasteiger partial charge in [-0.3, -0.25) is 0 Å². The molecular formula is C25H30N2O. The van der Waals surface area contributed by atoms with Crippen LogP contribution in [-0.4, -0.2) is 12.7 Å². The molecular weight excluding hydrogens is 344 g/mol. The van der Waals surface area contributed by atoms with Gasteiger partial charge in [0.05, 0.1) is 23.8 Å². The Kier molecular flexibility index (Phi) is 7.89. The zero-order valence-corrected chi connectivity index (χ0v) is 16.6. The number of hydrogen-bond donors (Lipinski definition) is 0. The van der Waals surface area contributed by atoms with E-state index < -0.39 is 0 Å². The van der Waals surface area contributed by atoms with Crippen LogP contribution in [0.25, 0.3) is 0 Å². The van der Waals surface area contributed by atoms with E-state index in [0.29, 0.717) is 23.9 Å². The smallest absolute Gasteiger partial charge is 0.0991 e. The molecule has 2 aliphatic rings. The van der Waals surface area contributed by atoms with Crippen LogP contribution < -0.4 is 0 Å². The number of hydrogen-bond acceptors (Lipinski definition) is 3. The van der Waals surface area contributed by atoms with E-state index in [2.05, 4.69) is 24.3 Å². The van der Waals surface area contributed by atoms with Gasteiger partial charge in [-0.05, 0) is 86.8 Å². The maximum atomic E-state index is 8.93. The number of allylic oxidation sites excluding steroid dienone is 4. The van der Waals surface area contributed by atoms with Crippen LogP contribution in [0.15, 0.2) is 48.6 Å². The average molecular weight is 375 g/mol. The Balaban J connectivity index is 1.34. The maximum absolute atomic E-state index is 8.93. The highest BCUT2D eigenvalue weighted by atomic mass is 16.5. The summed E-state index contributed by atoms with van der Waals surface area (Å²) in [6, 6.07) is 12.3. The second kappa shape index (κ2) is 10.8. The minimum absolute atomic E-state index is 0.426. The molecule has 28 heavy (non-hydrogen) atoms. The molecule has 3 nitrogen and oxygen atoms in total. The van der Waals surface area contributed by atoms with Crippen molar-refractivity contribution in [1.82, 2.24) is 0 Å². The van der Waals surface area contributed by atoms with Gasteiger partial charge in [0, 0.05) is 12.7 Å². The third-order valence-electron chi connectivity index (χ3n) is 6.31. The molecule has 0 N–H and O–H groups in total. The van der Waals surface area contributed by atoms with E-state index >= 15 is 0 Å². The predicted molar refractivity (Wildman–Crippen MR) is 111 cm³/mol. The Bertz CT molecular complexity index is 734. The quantitative estimate of drug-likeness (QED) is 0.450. The van der Waals surface area contributed by atoms with Gasteiger partial charge in [0.1, 0.15) is 0 Å². The van der Waals surface area contributed by atoms with Crippen LogP contribution in [0.3, 0.4) is 0 Å². The molecule has 1 aromatic rings. The van der Waals surface area contributed by atoms with Crippen molar-refractivity contribution in [2.45, 2.75) is 63.4 Å². The minimum Gasteiger partial charge on any atom is -0.378 e. The molecule has 0 aliphatic heterocycles. The van der Waals surface area contributed by atoms with E-state index in [0.717, 1.165) is 25.0 Å². The lowest BCUT2D eigenvalue weighted by atomic mass is 9.79. The van der Waals surface area contributed by atoms with Gasteiger partial charge in [-0.15, -0.1) is 0 Å². The van der Waals surface area contributed by atoms with Crippen molar-refractivity contribution in [3.8, 4) is 12.1 Å². The number of nitrogens with zero attached hydrogens (tertiary/aromatic N) is 2. The largest absolute Gasteiger partial charge is 0.378 e. The van der Waals surface area contributed by atoms with Crippen molar-refractivity contribution in [3.05, 3.63) is 59.7 Å². The third-order valence-corrected chi connectivity index (χ3v) is 6.31. The first-order valence-corrected chi connectivity index (χ1v) is 10.6. The highest BCUT2D eigenvalue weighted by molar-refractivity contribution is 5.33. The molecule has 2 aliphatic carbocycles. The van der Waals surface area contributed by atoms with Crippen LogP contribution in [0.5, 0.6) is 0 Å². The molecule has 146 valence electrons. The molecule has 2 fully saturated rings. The van der Waals surface area contributed by atoms with Crippen LogP contribution in [-0.2, 0) is 4.74 Å². The summed E-state index contributed by atoms with van der Waals surface area (Å²) in [5, 5.41) is 17.4. The van der Waals surface area contributed by atoms with E-state index in [4.69, 9.17) is 15.3 Å². The monoisotopic (exact) mass is 374 g/mol. The van der Waals surface area contributed by atoms with Gasteiger partial charge in [0.2, 0.25) is 0 Å². The minimum atomic E-state index is 0.426. The summed E-state index contributed by atoms with van der Waals surface area (Å²) in [5.74, 6) is 1.97. The number of rotatable bonds is 6. The first kappa shape index (κ1) is 20.4. The maximum Gasteiger partial charge on any atom is 0.0991 e. The number of nitriles is 2. The van der Waals surface area contributed by atoms with Crippen LogP contribution in [0.2, 0.25) is 0 Å². The fourth-order valence-corrected chi connectivity index (χ4v) is 4.53. The van der Waals surface area contributed by atoms with Gasteiger partial charge in [-0.2, -0.15) is 10.5 Å². The molecule has 0 aromatic heterocycles. The molecule has 0 spiro atoms. The highest BCUT2D eigenvalue weighted by Crippen LogP contribution is 2.36. The lowest BCUT2D eigenvalue weighted by molar-refractivity contribution is -0.00456. The fraction of sp³-hybridized carbons (Fsp3) is 0.520. The normalized spacial score (nSPS) is 28.2. The Morgan fingerprint density at radius 3 is 2.25 bits per heavy atom. The zero-order chi connectivity index (χ0) is 19.6. The van der Waals surface area contributed by atoms with Gasteiger partial charge in [0.15, 0.2) is 0 Å². The summed E-state index contributed by atoms with van der Waals surface area (Å²) in [4.78, 5) is 0. The van der Waals surface area contributed by atoms with Gasteiger partial charge >= 0.3 is 0 Å². The summed E-state index contributed by atoms with van der Waals surface area (Å²) in [5.41, 5.74) is 2.13. The van der Waals surface area contributed by atoms with Crippen LogP contribution >= 0.6 is 0 Å². The molecule has 0 amide bonds. The molecule has 2 saturated carbocycles. The van der Waals surface area contributed by atoms with Gasteiger partial charge < -0.3 is 4.74 Å². The SMILES string of the molecule is N#CC=CC=CC1CCC(OCC2CCC(c3ccc(C#N)cc3)CC2)CC1. The van der Waals surface area contributed by atoms with Crippen LogP contribution in [0.4, 0.5) is 0 Å². The van der Waals surface area contributed by atoms with E-state index in [-0.39, 0.29) is 0 Å². The van der Waals surface area contributed by atoms with E-state index in [1.165, 1.54) is 50.2 Å². The second-order valence-electron chi connectivity index (χ2n) is 8.19. The second-order valence-corrected chi connectivity index (χ2v) is 8.19. The van der Waals surface area contributed by atoms with Crippen molar-refractivity contribution < 1.29 is 4.74 Å². The van der Waals surface area contributed by atoms with E-state index in [9.17, 15) is 0 Å². The third kappa shape index (κ3) is 6.08. The molecule has 0 heterocycles. The van der Waals surface area contributed by atoms with Crippen molar-refractivity contribution in [1.29, 1.82) is 10.5 Å². The fourth-order valence-electron chi connectivity index (χ4n) is 4.53. The van der Waals surface area contributed by atoms with E-state index in [1.807, 2.05) is 30.4 Å². The molecule has 0 unspecified atom stereocenters. The van der Waals surface area contributed by atoms with Gasteiger partial charge in [-0.1, -0.05) is 30.4 Å². The van der Waals surface area contributed by atoms with Crippen molar-refractivity contribution in [2.75, 3.05) is 6.61 Å². The highest BCUT2D eigenvalue weighted by Gasteiger charge is 2.25. The molecule has 1 aromatic carbocycles. The summed E-state index contributed by atoms with van der Waals surface area (Å²) in [6.45, 7) is 0.913. The molecule has 0 bridgehead atoms. The summed E-state index contributed by atoms with van der Waals surface area (Å²) >= 11 is 0. The Hall–Kier alpha value is -2.36. The molecule has 0 radical (unpaired) electrons. The Morgan fingerprint density at radius 2 is 1.61 bits per heavy atom. The molecule has 3 heteroatoms. The first-order valence-electron chi connectivity index (χ1n) is 10.6. The predicted octanol–water partition coefficient (Wildman–Crippen LogP) is 6.04. The summed E-state index contributed by atoms with van der Waals surface area (Å²) in [7, 11) is 0. The van der Waals surface area contributed by atoms with E-state index in [1.54, 1.807) is 0 Å². The van der Waals surface area contributed by atoms with Crippen molar-refractivity contribution >= 4 is 0 Å². The van der Waals surface area contributed by atoms with Crippen LogP contribution in [0.1, 0.15) is 68.4 Å². The standard InChI is InChI=1S/C25H30N2O/c26-17-3-1-2-4-20-9-15-25(16-10-20)28-19-22-7-13-24(14-8-22)23-11-5-21(18-27)6-12-23/h1-6,11-12,20,22,24-25H,7-10,13-16,19H2. The number of benzene rings is 1. The molecule has 0 saturated heterocycles. The molecule has 3 rings (SSSR count). The average Bonchev–Trinajstić information content (AvgIpc) is 2.76. The van der Waals surface area contributed by atoms with Gasteiger partial charge in [0.25, 0.3) is 0 Å². The Morgan fingerprint density at radius 1 is 0.893 bits per heavy atom. The van der Waals surface area contributed by atoms with Gasteiger partial charge in [-0.25, -0.2) is 0 Å². The summed E-state index contributed by atoms with van der Waals surface area (Å²) in [6.07, 6.45) is 17.6. The van der Waals surface area contributed by atoms with Crippen molar-refractivity contribution in [3.63, 3.8) is 0 Å². The lowest BCUT2D eigenvalue weighted by Gasteiger charge is -2.32. The summed E-state index contributed by atoms with van der Waals surface area (Å²) < 4.78 is 6.27. The Labute approximate surface area is 169 Å². The molecule has 0 atom stereocenters. The lowest BCUT2D eigenvalue weighted by Crippen LogP contribution is -2.25. The zero-order valence-electron chi connectivity index (χ0n) is 16.6. The first-order chi connectivity index (χ1) is 13.8. The van der Waals surface area contributed by atoms with Crippen molar-refractivity contribution in [2.24, 2.45) is 11.8 Å².